The van der Waals surface area contributed by atoms with Crippen LogP contribution in [-0.2, 0) is 0 Å². The van der Waals surface area contributed by atoms with Crippen LogP contribution in [0.4, 0.5) is 0 Å². The van der Waals surface area contributed by atoms with Crippen LogP contribution in [0.1, 0.15) is 41.5 Å². The summed E-state index contributed by atoms with van der Waals surface area (Å²) in [5.41, 5.74) is 0.631. The standard InChI is InChI=1S/C13H14BrN5O/c14-10-7-15-5-4-9(10)13(20)19-6-2-1-3-11(19)12-16-8-17-18-12/h4-5,7-8,11H,1-3,6H2,(H,16,17,18). The highest BCUT2D eigenvalue weighted by atomic mass is 79.9. The monoisotopic (exact) mass is 335 g/mol. The molecule has 3 rings (SSSR count). The minimum atomic E-state index is -0.0289. The van der Waals surface area contributed by atoms with Crippen molar-refractivity contribution in [3.8, 4) is 0 Å². The van der Waals surface area contributed by atoms with Crippen molar-refractivity contribution in [2.45, 2.75) is 25.3 Å². The molecule has 0 bridgehead atoms. The summed E-state index contributed by atoms with van der Waals surface area (Å²) in [5.74, 6) is 0.753. The van der Waals surface area contributed by atoms with Crippen molar-refractivity contribution < 1.29 is 4.79 Å². The number of piperidine rings is 1. The van der Waals surface area contributed by atoms with Gasteiger partial charge in [0.05, 0.1) is 11.6 Å². The second kappa shape index (κ2) is 5.70. The molecule has 2 aromatic rings. The largest absolute Gasteiger partial charge is 0.328 e. The number of aromatic amines is 1. The summed E-state index contributed by atoms with van der Waals surface area (Å²) < 4.78 is 0.715. The number of nitrogens with one attached hydrogen (secondary N) is 1. The Kier molecular flexibility index (Phi) is 3.77. The van der Waals surface area contributed by atoms with Crippen LogP contribution in [0.25, 0.3) is 0 Å². The first-order valence-electron chi connectivity index (χ1n) is 6.53. The van der Waals surface area contributed by atoms with Gasteiger partial charge >= 0.3 is 0 Å². The first-order chi connectivity index (χ1) is 9.77. The van der Waals surface area contributed by atoms with E-state index in [9.17, 15) is 4.79 Å². The molecule has 20 heavy (non-hydrogen) atoms. The van der Waals surface area contributed by atoms with E-state index in [-0.39, 0.29) is 11.9 Å². The Balaban J connectivity index is 1.90. The number of nitrogens with zero attached hydrogens (tertiary/aromatic N) is 4. The third kappa shape index (κ3) is 2.45. The van der Waals surface area contributed by atoms with Crippen molar-refractivity contribution in [1.29, 1.82) is 0 Å². The van der Waals surface area contributed by atoms with Gasteiger partial charge in [0.15, 0.2) is 0 Å². The van der Waals surface area contributed by atoms with Gasteiger partial charge in [-0.05, 0) is 41.3 Å². The summed E-state index contributed by atoms with van der Waals surface area (Å²) >= 11 is 3.39. The lowest BCUT2D eigenvalue weighted by Gasteiger charge is -2.34. The average molecular weight is 336 g/mol. The quantitative estimate of drug-likeness (QED) is 0.913. The molecule has 6 nitrogen and oxygen atoms in total. The van der Waals surface area contributed by atoms with Crippen molar-refractivity contribution in [2.75, 3.05) is 6.54 Å². The predicted molar refractivity (Wildman–Crippen MR) is 75.9 cm³/mol. The smallest absolute Gasteiger partial charge is 0.255 e. The Hall–Kier alpha value is -1.76. The molecule has 3 heterocycles. The van der Waals surface area contributed by atoms with Gasteiger partial charge in [0.1, 0.15) is 12.2 Å². The Bertz CT molecular complexity index is 601. The van der Waals surface area contributed by atoms with Gasteiger partial charge in [0.25, 0.3) is 5.91 Å². The molecule has 1 saturated heterocycles. The minimum Gasteiger partial charge on any atom is -0.328 e. The molecule has 1 fully saturated rings. The zero-order chi connectivity index (χ0) is 13.9. The van der Waals surface area contributed by atoms with Crippen LogP contribution in [0, 0.1) is 0 Å². The lowest BCUT2D eigenvalue weighted by atomic mass is 10.0. The van der Waals surface area contributed by atoms with Crippen molar-refractivity contribution in [3.05, 3.63) is 40.6 Å². The van der Waals surface area contributed by atoms with E-state index in [0.717, 1.165) is 31.6 Å². The van der Waals surface area contributed by atoms with Gasteiger partial charge in [0, 0.05) is 23.4 Å². The van der Waals surface area contributed by atoms with E-state index in [1.165, 1.54) is 6.33 Å². The third-order valence-corrected chi connectivity index (χ3v) is 4.15. The van der Waals surface area contributed by atoms with Crippen LogP contribution < -0.4 is 0 Å². The highest BCUT2D eigenvalue weighted by Crippen LogP contribution is 2.31. The maximum absolute atomic E-state index is 12.7. The number of rotatable bonds is 2. The van der Waals surface area contributed by atoms with Crippen molar-refractivity contribution in [1.82, 2.24) is 25.1 Å². The van der Waals surface area contributed by atoms with Crippen LogP contribution >= 0.6 is 15.9 Å². The maximum atomic E-state index is 12.7. The zero-order valence-electron chi connectivity index (χ0n) is 10.8. The molecule has 0 radical (unpaired) electrons. The summed E-state index contributed by atoms with van der Waals surface area (Å²) in [7, 11) is 0. The molecular formula is C13H14BrN5O. The molecule has 1 N–H and O–H groups in total. The molecule has 2 aromatic heterocycles. The van der Waals surface area contributed by atoms with Gasteiger partial charge in [-0.15, -0.1) is 0 Å². The van der Waals surface area contributed by atoms with E-state index in [1.54, 1.807) is 18.5 Å². The summed E-state index contributed by atoms with van der Waals surface area (Å²) in [6, 6.07) is 1.71. The van der Waals surface area contributed by atoms with Crippen LogP contribution in [0.2, 0.25) is 0 Å². The van der Waals surface area contributed by atoms with E-state index in [0.29, 0.717) is 10.0 Å². The van der Waals surface area contributed by atoms with Crippen LogP contribution in [-0.4, -0.2) is 37.5 Å². The number of halogens is 1. The third-order valence-electron chi connectivity index (χ3n) is 3.52. The molecule has 0 spiro atoms. The Labute approximate surface area is 124 Å². The second-order valence-electron chi connectivity index (χ2n) is 4.74. The van der Waals surface area contributed by atoms with E-state index < -0.39 is 0 Å². The van der Waals surface area contributed by atoms with E-state index >= 15 is 0 Å². The molecule has 1 atom stereocenters. The summed E-state index contributed by atoms with van der Waals surface area (Å²) in [4.78, 5) is 22.8. The first-order valence-corrected chi connectivity index (χ1v) is 7.32. The molecule has 0 saturated carbocycles. The van der Waals surface area contributed by atoms with Gasteiger partial charge in [-0.25, -0.2) is 4.98 Å². The molecule has 1 amide bonds. The molecule has 0 aliphatic carbocycles. The average Bonchev–Trinajstić information content (AvgIpc) is 3.01. The van der Waals surface area contributed by atoms with Crippen molar-refractivity contribution in [2.24, 2.45) is 0 Å². The Morgan fingerprint density at radius 2 is 2.35 bits per heavy atom. The summed E-state index contributed by atoms with van der Waals surface area (Å²) in [6.45, 7) is 0.735. The maximum Gasteiger partial charge on any atom is 0.255 e. The highest BCUT2D eigenvalue weighted by Gasteiger charge is 2.31. The van der Waals surface area contributed by atoms with E-state index in [2.05, 4.69) is 36.1 Å². The number of hydrogen-bond acceptors (Lipinski definition) is 4. The first kappa shape index (κ1) is 13.2. The molecular weight excluding hydrogens is 322 g/mol. The lowest BCUT2D eigenvalue weighted by molar-refractivity contribution is 0.0599. The zero-order valence-corrected chi connectivity index (χ0v) is 12.4. The van der Waals surface area contributed by atoms with Crippen molar-refractivity contribution in [3.63, 3.8) is 0 Å². The highest BCUT2D eigenvalue weighted by molar-refractivity contribution is 9.10. The minimum absolute atomic E-state index is 0.000347. The van der Waals surface area contributed by atoms with Gasteiger partial charge in [-0.1, -0.05) is 0 Å². The molecule has 1 aliphatic heterocycles. The number of carbonyl (C=O) groups is 1. The van der Waals surface area contributed by atoms with Gasteiger partial charge in [0.2, 0.25) is 0 Å². The molecule has 7 heteroatoms. The molecule has 104 valence electrons. The Morgan fingerprint density at radius 3 is 3.10 bits per heavy atom. The number of amides is 1. The number of carbonyl (C=O) groups excluding carboxylic acids is 1. The van der Waals surface area contributed by atoms with E-state index in [1.807, 2.05) is 4.90 Å². The Morgan fingerprint density at radius 1 is 1.45 bits per heavy atom. The number of H-pyrrole nitrogens is 1. The normalized spacial score (nSPS) is 19.1. The fourth-order valence-electron chi connectivity index (χ4n) is 2.54. The number of likely N-dealkylation sites (tertiary alicyclic amines) is 1. The number of pyridine rings is 1. The van der Waals surface area contributed by atoms with E-state index in [4.69, 9.17) is 0 Å². The number of hydrogen-bond donors (Lipinski definition) is 1. The fourth-order valence-corrected chi connectivity index (χ4v) is 2.96. The van der Waals surface area contributed by atoms with Gasteiger partial charge < -0.3 is 4.90 Å². The van der Waals surface area contributed by atoms with Crippen LogP contribution in [0.5, 0.6) is 0 Å². The lowest BCUT2D eigenvalue weighted by Crippen LogP contribution is -2.39. The summed E-state index contributed by atoms with van der Waals surface area (Å²) in [6.07, 6.45) is 7.76. The van der Waals surface area contributed by atoms with Gasteiger partial charge in [-0.2, -0.15) is 5.10 Å². The molecule has 0 aromatic carbocycles. The second-order valence-corrected chi connectivity index (χ2v) is 5.59. The topological polar surface area (TPSA) is 74.8 Å². The van der Waals surface area contributed by atoms with Crippen LogP contribution in [0.3, 0.4) is 0 Å². The molecule has 1 unspecified atom stereocenters. The van der Waals surface area contributed by atoms with Crippen LogP contribution in [0.15, 0.2) is 29.3 Å². The van der Waals surface area contributed by atoms with Gasteiger partial charge in [-0.3, -0.25) is 14.9 Å². The molecule has 1 aliphatic rings. The SMILES string of the molecule is O=C(c1ccncc1Br)N1CCCCC1c1ncn[nH]1. The number of aromatic nitrogens is 4. The summed E-state index contributed by atoms with van der Waals surface area (Å²) in [5, 5.41) is 6.77. The van der Waals surface area contributed by atoms with Crippen molar-refractivity contribution >= 4 is 21.8 Å². The fraction of sp³-hybridized carbons (Fsp3) is 0.385. The predicted octanol–water partition coefficient (Wildman–Crippen LogP) is 2.33.